The molecule has 0 bridgehead atoms. The molecule has 0 saturated heterocycles. The van der Waals surface area contributed by atoms with Crippen molar-refractivity contribution in [1.29, 1.82) is 0 Å². The Morgan fingerprint density at radius 2 is 1.85 bits per heavy atom. The molecule has 27 heavy (non-hydrogen) atoms. The second-order valence-electron chi connectivity index (χ2n) is 6.37. The molecular weight excluding hydrogens is 361 g/mol. The molecule has 0 aliphatic carbocycles. The summed E-state index contributed by atoms with van der Waals surface area (Å²) < 4.78 is 15.0. The van der Waals surface area contributed by atoms with Gasteiger partial charge in [0.1, 0.15) is 10.6 Å². The molecule has 0 saturated carbocycles. The molecule has 0 unspecified atom stereocenters. The van der Waals surface area contributed by atoms with Crippen LogP contribution < -0.4 is 5.32 Å². The second-order valence-corrected chi connectivity index (χ2v) is 7.40. The largest absolute Gasteiger partial charge is 0.347 e. The predicted octanol–water partition coefficient (Wildman–Crippen LogP) is 4.52. The first kappa shape index (κ1) is 17.4. The van der Waals surface area contributed by atoms with Crippen LogP contribution in [0.25, 0.3) is 10.2 Å². The van der Waals surface area contributed by atoms with Gasteiger partial charge < -0.3 is 5.32 Å². The van der Waals surface area contributed by atoms with Gasteiger partial charge in [-0.1, -0.05) is 42.5 Å². The maximum atomic E-state index is 13.1. The van der Waals surface area contributed by atoms with Crippen molar-refractivity contribution in [3.8, 4) is 0 Å². The summed E-state index contributed by atoms with van der Waals surface area (Å²) in [5.41, 5.74) is 2.90. The zero-order valence-corrected chi connectivity index (χ0v) is 15.6. The van der Waals surface area contributed by atoms with Crippen LogP contribution in [0.15, 0.2) is 60.7 Å². The van der Waals surface area contributed by atoms with Crippen LogP contribution in [0, 0.1) is 12.7 Å². The van der Waals surface area contributed by atoms with Crippen molar-refractivity contribution >= 4 is 27.5 Å². The normalized spacial score (nSPS) is 11.0. The van der Waals surface area contributed by atoms with Crippen molar-refractivity contribution in [2.75, 3.05) is 0 Å². The standard InChI is InChI=1S/C21H18FN3OS/c1-14-18-11-19(20(26)23-12-15-5-3-2-4-6-15)27-21(18)25(24-14)13-16-7-9-17(22)10-8-16/h2-11H,12-13H2,1H3,(H,23,26). The molecule has 4 aromatic rings. The highest BCUT2D eigenvalue weighted by Gasteiger charge is 2.16. The number of carbonyl (C=O) groups is 1. The van der Waals surface area contributed by atoms with Crippen LogP contribution in [0.2, 0.25) is 0 Å². The number of benzene rings is 2. The number of rotatable bonds is 5. The number of hydrogen-bond donors (Lipinski definition) is 1. The number of thiophene rings is 1. The van der Waals surface area contributed by atoms with Gasteiger partial charge in [-0.15, -0.1) is 11.3 Å². The lowest BCUT2D eigenvalue weighted by Gasteiger charge is -2.04. The van der Waals surface area contributed by atoms with Crippen molar-refractivity contribution in [3.63, 3.8) is 0 Å². The fourth-order valence-corrected chi connectivity index (χ4v) is 4.04. The van der Waals surface area contributed by atoms with E-state index in [1.54, 1.807) is 12.1 Å². The van der Waals surface area contributed by atoms with E-state index >= 15 is 0 Å². The molecule has 0 spiro atoms. The highest BCUT2D eigenvalue weighted by atomic mass is 32.1. The Kier molecular flexibility index (Phi) is 4.73. The summed E-state index contributed by atoms with van der Waals surface area (Å²) in [6.07, 6.45) is 0. The Labute approximate surface area is 160 Å². The average Bonchev–Trinajstić information content (AvgIpc) is 3.24. The van der Waals surface area contributed by atoms with Gasteiger partial charge in [-0.3, -0.25) is 9.48 Å². The summed E-state index contributed by atoms with van der Waals surface area (Å²) in [6.45, 7) is 2.96. The summed E-state index contributed by atoms with van der Waals surface area (Å²) in [5.74, 6) is -0.346. The molecule has 136 valence electrons. The third-order valence-corrected chi connectivity index (χ3v) is 5.52. The van der Waals surface area contributed by atoms with Crippen LogP contribution in [-0.2, 0) is 13.1 Å². The molecule has 0 atom stereocenters. The van der Waals surface area contributed by atoms with Crippen LogP contribution in [-0.4, -0.2) is 15.7 Å². The van der Waals surface area contributed by atoms with E-state index in [9.17, 15) is 9.18 Å². The highest BCUT2D eigenvalue weighted by molar-refractivity contribution is 7.20. The molecule has 1 amide bonds. The van der Waals surface area contributed by atoms with E-state index in [-0.39, 0.29) is 11.7 Å². The van der Waals surface area contributed by atoms with E-state index < -0.39 is 0 Å². The molecule has 4 nitrogen and oxygen atoms in total. The van der Waals surface area contributed by atoms with Crippen LogP contribution >= 0.6 is 11.3 Å². The SMILES string of the molecule is Cc1nn(Cc2ccc(F)cc2)c2sc(C(=O)NCc3ccccc3)cc12. The van der Waals surface area contributed by atoms with Crippen LogP contribution in [0.1, 0.15) is 26.5 Å². The third kappa shape index (κ3) is 3.75. The Balaban J connectivity index is 1.55. The number of nitrogens with zero attached hydrogens (tertiary/aromatic N) is 2. The van der Waals surface area contributed by atoms with Crippen molar-refractivity contribution < 1.29 is 9.18 Å². The number of carbonyl (C=O) groups excluding carboxylic acids is 1. The predicted molar refractivity (Wildman–Crippen MR) is 105 cm³/mol. The second kappa shape index (κ2) is 7.32. The van der Waals surface area contributed by atoms with Gasteiger partial charge in [0.05, 0.1) is 17.1 Å². The fraction of sp³-hybridized carbons (Fsp3) is 0.143. The highest BCUT2D eigenvalue weighted by Crippen LogP contribution is 2.29. The first-order valence-corrected chi connectivity index (χ1v) is 9.45. The third-order valence-electron chi connectivity index (χ3n) is 4.37. The summed E-state index contributed by atoms with van der Waals surface area (Å²) in [4.78, 5) is 14.1. The van der Waals surface area contributed by atoms with Gasteiger partial charge in [-0.05, 0) is 36.2 Å². The Hall–Kier alpha value is -2.99. The molecule has 0 radical (unpaired) electrons. The molecule has 4 rings (SSSR count). The van der Waals surface area contributed by atoms with E-state index in [1.807, 2.05) is 48.0 Å². The van der Waals surface area contributed by atoms with Gasteiger partial charge in [0.25, 0.3) is 5.91 Å². The van der Waals surface area contributed by atoms with Crippen LogP contribution in [0.5, 0.6) is 0 Å². The van der Waals surface area contributed by atoms with E-state index in [4.69, 9.17) is 0 Å². The number of aromatic nitrogens is 2. The zero-order chi connectivity index (χ0) is 18.8. The number of amides is 1. The van der Waals surface area contributed by atoms with Gasteiger partial charge in [-0.25, -0.2) is 4.39 Å². The maximum absolute atomic E-state index is 13.1. The number of aryl methyl sites for hydroxylation is 1. The van der Waals surface area contributed by atoms with Crippen molar-refractivity contribution in [2.24, 2.45) is 0 Å². The van der Waals surface area contributed by atoms with Crippen molar-refractivity contribution in [2.45, 2.75) is 20.0 Å². The van der Waals surface area contributed by atoms with Crippen molar-refractivity contribution in [3.05, 3.63) is 88.2 Å². The lowest BCUT2D eigenvalue weighted by molar-refractivity contribution is 0.0955. The maximum Gasteiger partial charge on any atom is 0.261 e. The van der Waals surface area contributed by atoms with Crippen LogP contribution in [0.4, 0.5) is 4.39 Å². The lowest BCUT2D eigenvalue weighted by atomic mass is 10.2. The van der Waals surface area contributed by atoms with E-state index in [0.717, 1.165) is 27.0 Å². The molecule has 0 fully saturated rings. The summed E-state index contributed by atoms with van der Waals surface area (Å²) in [6, 6.07) is 18.1. The number of hydrogen-bond acceptors (Lipinski definition) is 3. The first-order chi connectivity index (χ1) is 13.1. The number of fused-ring (bicyclic) bond motifs is 1. The minimum absolute atomic E-state index is 0.0900. The van der Waals surface area contributed by atoms with Gasteiger partial charge in [0.15, 0.2) is 0 Å². The Bertz CT molecular complexity index is 1080. The fourth-order valence-electron chi connectivity index (χ4n) is 2.96. The Morgan fingerprint density at radius 1 is 1.11 bits per heavy atom. The number of nitrogens with one attached hydrogen (secondary N) is 1. The first-order valence-electron chi connectivity index (χ1n) is 8.63. The zero-order valence-electron chi connectivity index (χ0n) is 14.8. The molecule has 0 aliphatic rings. The summed E-state index contributed by atoms with van der Waals surface area (Å²) >= 11 is 1.42. The minimum Gasteiger partial charge on any atom is -0.347 e. The smallest absolute Gasteiger partial charge is 0.261 e. The minimum atomic E-state index is -0.256. The van der Waals surface area contributed by atoms with Gasteiger partial charge >= 0.3 is 0 Å². The van der Waals surface area contributed by atoms with Crippen molar-refractivity contribution in [1.82, 2.24) is 15.1 Å². The van der Waals surface area contributed by atoms with Gasteiger partial charge in [-0.2, -0.15) is 5.10 Å². The van der Waals surface area contributed by atoms with E-state index in [2.05, 4.69) is 10.4 Å². The van der Waals surface area contributed by atoms with Gasteiger partial charge in [0.2, 0.25) is 0 Å². The molecule has 0 aliphatic heterocycles. The molecule has 2 heterocycles. The topological polar surface area (TPSA) is 46.9 Å². The molecule has 2 aromatic heterocycles. The number of halogens is 1. The van der Waals surface area contributed by atoms with E-state index in [1.165, 1.54) is 23.5 Å². The van der Waals surface area contributed by atoms with Crippen LogP contribution in [0.3, 0.4) is 0 Å². The average molecular weight is 379 g/mol. The van der Waals surface area contributed by atoms with Gasteiger partial charge in [0, 0.05) is 11.9 Å². The molecule has 6 heteroatoms. The monoisotopic (exact) mass is 379 g/mol. The molecule has 2 aromatic carbocycles. The summed E-state index contributed by atoms with van der Waals surface area (Å²) in [5, 5.41) is 8.50. The Morgan fingerprint density at radius 3 is 2.59 bits per heavy atom. The quantitative estimate of drug-likeness (QED) is 0.554. The molecule has 1 N–H and O–H groups in total. The lowest BCUT2D eigenvalue weighted by Crippen LogP contribution is -2.21. The summed E-state index contributed by atoms with van der Waals surface area (Å²) in [7, 11) is 0. The van der Waals surface area contributed by atoms with E-state index in [0.29, 0.717) is 18.0 Å². The molecular formula is C21H18FN3OS.